The van der Waals surface area contributed by atoms with Crippen LogP contribution in [0.5, 0.6) is 0 Å². The van der Waals surface area contributed by atoms with E-state index in [2.05, 4.69) is 12.1 Å². The molecule has 0 unspecified atom stereocenters. The summed E-state index contributed by atoms with van der Waals surface area (Å²) in [5, 5.41) is 0. The van der Waals surface area contributed by atoms with E-state index in [1.165, 1.54) is 16.7 Å². The Balaban J connectivity index is 1.21. The molecule has 0 fully saturated rings. The summed E-state index contributed by atoms with van der Waals surface area (Å²) in [6.45, 7) is 0.319. The second kappa shape index (κ2) is 7.95. The number of sulfone groups is 1. The maximum absolute atomic E-state index is 12.3. The van der Waals surface area contributed by atoms with E-state index >= 15 is 0 Å². The smallest absolute Gasteiger partial charge is 0.154 e. The monoisotopic (exact) mass is 401 g/mol. The fourth-order valence-electron chi connectivity index (χ4n) is 4.19. The summed E-state index contributed by atoms with van der Waals surface area (Å²) in [5.74, 6) is -0.0280. The van der Waals surface area contributed by atoms with Crippen molar-refractivity contribution in [1.29, 1.82) is 0 Å². The lowest BCUT2D eigenvalue weighted by Crippen LogP contribution is -2.38. The number of benzene rings is 2. The zero-order valence-corrected chi connectivity index (χ0v) is 16.8. The lowest BCUT2D eigenvalue weighted by atomic mass is 10.1. The molecule has 0 heterocycles. The SMILES string of the molecule is N[C@]1(OCCS(=O)(=O)CCOC2Cc3ccccc3C2)CCc2ccccc21. The molecule has 2 aromatic carbocycles. The molecule has 0 aromatic heterocycles. The first-order valence-electron chi connectivity index (χ1n) is 9.85. The number of nitrogens with two attached hydrogens (primary N) is 1. The van der Waals surface area contributed by atoms with Crippen molar-refractivity contribution in [3.8, 4) is 0 Å². The van der Waals surface area contributed by atoms with Crippen LogP contribution < -0.4 is 5.73 Å². The highest BCUT2D eigenvalue weighted by Gasteiger charge is 2.36. The molecular formula is C22H27NO4S. The Morgan fingerprint density at radius 3 is 2.25 bits per heavy atom. The quantitative estimate of drug-likeness (QED) is 0.687. The normalized spacial score (nSPS) is 21.6. The highest BCUT2D eigenvalue weighted by atomic mass is 32.2. The van der Waals surface area contributed by atoms with Gasteiger partial charge in [0, 0.05) is 5.56 Å². The molecular weight excluding hydrogens is 374 g/mol. The predicted molar refractivity (Wildman–Crippen MR) is 109 cm³/mol. The van der Waals surface area contributed by atoms with E-state index in [9.17, 15) is 8.42 Å². The van der Waals surface area contributed by atoms with Gasteiger partial charge in [-0.15, -0.1) is 0 Å². The van der Waals surface area contributed by atoms with Gasteiger partial charge in [-0.3, -0.25) is 5.73 Å². The number of aryl methyl sites for hydroxylation is 1. The minimum atomic E-state index is -3.24. The second-order valence-electron chi connectivity index (χ2n) is 7.72. The third-order valence-electron chi connectivity index (χ3n) is 5.75. The van der Waals surface area contributed by atoms with Gasteiger partial charge in [0.25, 0.3) is 0 Å². The van der Waals surface area contributed by atoms with E-state index in [4.69, 9.17) is 15.2 Å². The molecule has 150 valence electrons. The third kappa shape index (κ3) is 4.30. The molecule has 0 aliphatic heterocycles. The Hall–Kier alpha value is -1.73. The number of fused-ring (bicyclic) bond motifs is 2. The molecule has 0 spiro atoms. The molecule has 6 heteroatoms. The van der Waals surface area contributed by atoms with E-state index < -0.39 is 15.6 Å². The van der Waals surface area contributed by atoms with Crippen molar-refractivity contribution in [2.24, 2.45) is 5.73 Å². The molecule has 0 saturated heterocycles. The average molecular weight is 402 g/mol. The van der Waals surface area contributed by atoms with Gasteiger partial charge >= 0.3 is 0 Å². The maximum Gasteiger partial charge on any atom is 0.154 e. The molecule has 0 radical (unpaired) electrons. The molecule has 0 saturated carbocycles. The Kier molecular flexibility index (Phi) is 5.56. The number of rotatable bonds is 8. The van der Waals surface area contributed by atoms with Crippen LogP contribution in [0.1, 0.15) is 28.7 Å². The molecule has 0 bridgehead atoms. The first kappa shape index (κ1) is 19.6. The molecule has 4 rings (SSSR count). The van der Waals surface area contributed by atoms with Crippen molar-refractivity contribution in [2.75, 3.05) is 24.7 Å². The van der Waals surface area contributed by atoms with Crippen molar-refractivity contribution in [2.45, 2.75) is 37.5 Å². The van der Waals surface area contributed by atoms with Crippen LogP contribution in [0.3, 0.4) is 0 Å². The van der Waals surface area contributed by atoms with Gasteiger partial charge in [-0.1, -0.05) is 48.5 Å². The van der Waals surface area contributed by atoms with Crippen molar-refractivity contribution >= 4 is 9.84 Å². The maximum atomic E-state index is 12.3. The van der Waals surface area contributed by atoms with Gasteiger partial charge in [-0.25, -0.2) is 8.42 Å². The van der Waals surface area contributed by atoms with E-state index in [-0.39, 0.29) is 30.8 Å². The summed E-state index contributed by atoms with van der Waals surface area (Å²) in [6.07, 6.45) is 3.32. The fraction of sp³-hybridized carbons (Fsp3) is 0.455. The Morgan fingerprint density at radius 1 is 0.929 bits per heavy atom. The Morgan fingerprint density at radius 2 is 1.54 bits per heavy atom. The zero-order chi connectivity index (χ0) is 19.6. The van der Waals surface area contributed by atoms with Gasteiger partial charge in [0.2, 0.25) is 0 Å². The van der Waals surface area contributed by atoms with Crippen LogP contribution in [0.25, 0.3) is 0 Å². The summed E-state index contributed by atoms with van der Waals surface area (Å²) >= 11 is 0. The Bertz CT molecular complexity index is 918. The average Bonchev–Trinajstić information content (AvgIpc) is 3.23. The molecule has 28 heavy (non-hydrogen) atoms. The number of ether oxygens (including phenoxy) is 2. The standard InChI is InChI=1S/C22H27NO4S/c23-22(10-9-17-5-3-4-8-21(17)22)27-12-14-28(24,25)13-11-26-20-15-18-6-1-2-7-19(18)16-20/h1-8,20H,9-16,23H2/t22-/m0/s1. The van der Waals surface area contributed by atoms with Crippen LogP contribution in [0, 0.1) is 0 Å². The summed E-state index contributed by atoms with van der Waals surface area (Å²) in [6, 6.07) is 16.2. The van der Waals surface area contributed by atoms with E-state index in [1.807, 2.05) is 36.4 Å². The second-order valence-corrected chi connectivity index (χ2v) is 10.0. The lowest BCUT2D eigenvalue weighted by Gasteiger charge is -2.26. The molecule has 1 atom stereocenters. The summed E-state index contributed by atoms with van der Waals surface area (Å²) in [5.41, 5.74) is 10.3. The van der Waals surface area contributed by atoms with Gasteiger partial charge in [-0.05, 0) is 42.4 Å². The van der Waals surface area contributed by atoms with Gasteiger partial charge in [0.15, 0.2) is 9.84 Å². The molecule has 2 aromatic rings. The third-order valence-corrected chi connectivity index (χ3v) is 7.33. The van der Waals surface area contributed by atoms with E-state index in [0.29, 0.717) is 6.42 Å². The zero-order valence-electron chi connectivity index (χ0n) is 16.0. The van der Waals surface area contributed by atoms with Gasteiger partial charge in [-0.2, -0.15) is 0 Å². The first-order valence-corrected chi connectivity index (χ1v) is 11.7. The molecule has 2 N–H and O–H groups in total. The minimum Gasteiger partial charge on any atom is -0.376 e. The summed E-state index contributed by atoms with van der Waals surface area (Å²) < 4.78 is 36.3. The van der Waals surface area contributed by atoms with Crippen molar-refractivity contribution in [3.05, 3.63) is 70.8 Å². The van der Waals surface area contributed by atoms with Crippen LogP contribution in [-0.2, 0) is 44.3 Å². The van der Waals surface area contributed by atoms with Crippen LogP contribution in [0.2, 0.25) is 0 Å². The molecule has 2 aliphatic carbocycles. The van der Waals surface area contributed by atoms with Crippen molar-refractivity contribution < 1.29 is 17.9 Å². The molecule has 0 amide bonds. The van der Waals surface area contributed by atoms with Crippen LogP contribution in [0.4, 0.5) is 0 Å². The van der Waals surface area contributed by atoms with Crippen molar-refractivity contribution in [1.82, 2.24) is 0 Å². The van der Waals surface area contributed by atoms with Crippen molar-refractivity contribution in [3.63, 3.8) is 0 Å². The number of hydrogen-bond acceptors (Lipinski definition) is 5. The highest BCUT2D eigenvalue weighted by Crippen LogP contribution is 2.35. The fourth-order valence-corrected chi connectivity index (χ4v) is 5.08. The van der Waals surface area contributed by atoms with Gasteiger partial charge in [0.1, 0.15) is 5.72 Å². The van der Waals surface area contributed by atoms with Gasteiger partial charge < -0.3 is 9.47 Å². The topological polar surface area (TPSA) is 78.6 Å². The lowest BCUT2D eigenvalue weighted by molar-refractivity contribution is -0.0371. The summed E-state index contributed by atoms with van der Waals surface area (Å²) in [7, 11) is -3.24. The molecule has 2 aliphatic rings. The van der Waals surface area contributed by atoms with Crippen LogP contribution in [0.15, 0.2) is 48.5 Å². The minimum absolute atomic E-state index is 0.0113. The highest BCUT2D eigenvalue weighted by molar-refractivity contribution is 7.91. The molecule has 5 nitrogen and oxygen atoms in total. The van der Waals surface area contributed by atoms with E-state index in [1.54, 1.807) is 0 Å². The van der Waals surface area contributed by atoms with E-state index in [0.717, 1.165) is 24.8 Å². The van der Waals surface area contributed by atoms with Crippen LogP contribution in [-0.4, -0.2) is 39.2 Å². The van der Waals surface area contributed by atoms with Crippen LogP contribution >= 0.6 is 0 Å². The Labute approximate surface area is 166 Å². The first-order chi connectivity index (χ1) is 13.5. The number of hydrogen-bond donors (Lipinski definition) is 1. The predicted octanol–water partition coefficient (Wildman–Crippen LogP) is 2.36. The largest absolute Gasteiger partial charge is 0.376 e. The summed E-state index contributed by atoms with van der Waals surface area (Å²) in [4.78, 5) is 0. The van der Waals surface area contributed by atoms with Gasteiger partial charge in [0.05, 0.1) is 30.8 Å².